The lowest BCUT2D eigenvalue weighted by atomic mass is 9.96. The molecule has 1 fully saturated rings. The Morgan fingerprint density at radius 1 is 1.10 bits per heavy atom. The molecular weight excluding hydrogens is 524 g/mol. The number of nitrogens with one attached hydrogen (secondary N) is 2. The van der Waals surface area contributed by atoms with Crippen LogP contribution in [-0.4, -0.2) is 19.7 Å². The third-order valence-corrected chi connectivity index (χ3v) is 8.11. The maximum atomic E-state index is 9.96. The van der Waals surface area contributed by atoms with Crippen LogP contribution in [0.25, 0.3) is 0 Å². The zero-order valence-electron chi connectivity index (χ0n) is 25.4. The number of para-hydroxylation sites is 1. The van der Waals surface area contributed by atoms with Crippen LogP contribution in [0.5, 0.6) is 0 Å². The highest BCUT2D eigenvalue weighted by Gasteiger charge is 2.40. The number of carbonyl (C=O) groups is 1. The molecule has 0 saturated heterocycles. The number of amides is 1. The zero-order chi connectivity index (χ0) is 29.5. The molecule has 0 unspecified atom stereocenters. The maximum Gasteiger partial charge on any atom is 0.211 e. The van der Waals surface area contributed by atoms with Crippen molar-refractivity contribution >= 4 is 46.9 Å². The average Bonchev–Trinajstić information content (AvgIpc) is 3.51. The molecule has 0 spiro atoms. The summed E-state index contributed by atoms with van der Waals surface area (Å²) < 4.78 is 0. The largest absolute Gasteiger partial charge is 0.403 e. The van der Waals surface area contributed by atoms with Gasteiger partial charge in [-0.2, -0.15) is 0 Å². The topological polar surface area (TPSA) is 79.5 Å². The highest BCUT2D eigenvalue weighted by atomic mass is 35.5. The first kappa shape index (κ1) is 36.7. The Kier molecular flexibility index (Phi) is 21.2. The van der Waals surface area contributed by atoms with Crippen molar-refractivity contribution in [1.29, 1.82) is 0 Å². The van der Waals surface area contributed by atoms with Crippen LogP contribution in [0.3, 0.4) is 0 Å². The number of hydrogen-bond acceptors (Lipinski definition) is 5. The number of nitrogens with zero attached hydrogens (tertiary/aromatic N) is 1. The lowest BCUT2D eigenvalue weighted by molar-refractivity contribution is -0.105. The van der Waals surface area contributed by atoms with Crippen LogP contribution in [0.4, 0.5) is 11.4 Å². The summed E-state index contributed by atoms with van der Waals surface area (Å²) in [6.07, 6.45) is 16.1. The Morgan fingerprint density at radius 3 is 2.15 bits per heavy atom. The monoisotopic (exact) mass is 576 g/mol. The number of aliphatic imine (C=N–C) groups is 1. The van der Waals surface area contributed by atoms with Crippen molar-refractivity contribution in [2.75, 3.05) is 12.4 Å². The third-order valence-electron chi connectivity index (χ3n) is 6.56. The minimum Gasteiger partial charge on any atom is -0.403 e. The van der Waals surface area contributed by atoms with Gasteiger partial charge in [0.1, 0.15) is 0 Å². The molecule has 3 rings (SSSR count). The quantitative estimate of drug-likeness (QED) is 0.174. The molecule has 39 heavy (non-hydrogen) atoms. The van der Waals surface area contributed by atoms with Crippen molar-refractivity contribution in [2.24, 2.45) is 16.6 Å². The predicted octanol–water partition coefficient (Wildman–Crippen LogP) is 9.85. The van der Waals surface area contributed by atoms with Crippen LogP contribution >= 0.6 is 22.9 Å². The molecule has 5 nitrogen and oxygen atoms in total. The fourth-order valence-corrected chi connectivity index (χ4v) is 4.73. The summed E-state index contributed by atoms with van der Waals surface area (Å²) in [5, 5.41) is 8.07. The average molecular weight is 577 g/mol. The van der Waals surface area contributed by atoms with Gasteiger partial charge >= 0.3 is 0 Å². The lowest BCUT2D eigenvalue weighted by Crippen LogP contribution is -2.08. The lowest BCUT2D eigenvalue weighted by Gasteiger charge is -2.10. The predicted molar refractivity (Wildman–Crippen MR) is 176 cm³/mol. The molecule has 1 aromatic carbocycles. The first-order chi connectivity index (χ1) is 18.8. The molecule has 1 heterocycles. The highest BCUT2D eigenvalue weighted by molar-refractivity contribution is 7.10. The fraction of sp³-hybridized carbons (Fsp3) is 0.562. The summed E-state index contributed by atoms with van der Waals surface area (Å²) in [5.41, 5.74) is 8.34. The molecule has 0 bridgehead atoms. The number of carbonyl (C=O) groups excluding carboxylic acids is 1. The molecule has 1 aromatic heterocycles. The summed E-state index contributed by atoms with van der Waals surface area (Å²) >= 11 is 7.48. The second-order valence-electron chi connectivity index (χ2n) is 9.95. The Balaban J connectivity index is 0.000000546. The van der Waals surface area contributed by atoms with Gasteiger partial charge in [-0.05, 0) is 37.0 Å². The van der Waals surface area contributed by atoms with Gasteiger partial charge in [-0.25, -0.2) is 0 Å². The van der Waals surface area contributed by atoms with E-state index in [1.807, 2.05) is 7.05 Å². The Hall–Kier alpha value is -2.31. The molecule has 0 aliphatic heterocycles. The minimum absolute atomic E-state index is 0.438. The summed E-state index contributed by atoms with van der Waals surface area (Å²) in [7, 11) is 1.83. The minimum atomic E-state index is 0.438. The van der Waals surface area contributed by atoms with E-state index in [0.717, 1.165) is 17.3 Å². The first-order valence-corrected chi connectivity index (χ1v) is 15.7. The summed E-state index contributed by atoms with van der Waals surface area (Å²) in [6.45, 7) is 13.5. The van der Waals surface area contributed by atoms with Gasteiger partial charge in [-0.3, -0.25) is 9.79 Å². The molecule has 0 atom stereocenters. The molecule has 1 amide bonds. The summed E-state index contributed by atoms with van der Waals surface area (Å²) in [6, 6.07) is 9.23. The zero-order valence-corrected chi connectivity index (χ0v) is 26.9. The standard InChI is InChI=1S/C12H17N3S.C9H20.C7H6ClNO.C4H10/c1-12(3-4-12)11-5-9(8-16-11)15-7-10(6-13)14-2;1-4-7-9(6-3)8-5-2;8-6-3-1-2-4-7(6)9-5-10;1-3-4-2/h5-8,14H,3-4,13H2,1-2H3;9H,4-8H2,1-3H3;1-5H,(H,9,10);3-4H2,1-2H3/b10-6+,15-7?;;;. The molecule has 1 saturated carbocycles. The number of unbranched alkanes of at least 4 members (excludes halogenated alkanes) is 1. The Labute approximate surface area is 247 Å². The van der Waals surface area contributed by atoms with Gasteiger partial charge in [0.25, 0.3) is 0 Å². The van der Waals surface area contributed by atoms with Gasteiger partial charge in [0.05, 0.1) is 28.3 Å². The van der Waals surface area contributed by atoms with Crippen molar-refractivity contribution in [3.05, 3.63) is 57.5 Å². The molecular formula is C32H53ClN4OS. The molecule has 220 valence electrons. The molecule has 1 aliphatic rings. The molecule has 4 N–H and O–H groups in total. The van der Waals surface area contributed by atoms with Crippen LogP contribution < -0.4 is 16.4 Å². The second-order valence-corrected chi connectivity index (χ2v) is 11.3. The number of benzene rings is 1. The van der Waals surface area contributed by atoms with Gasteiger partial charge in [0.2, 0.25) is 6.41 Å². The van der Waals surface area contributed by atoms with E-state index in [1.54, 1.807) is 41.8 Å². The number of allylic oxidation sites excluding steroid dienone is 1. The molecule has 2 aromatic rings. The van der Waals surface area contributed by atoms with Gasteiger partial charge in [-0.1, -0.05) is 110 Å². The van der Waals surface area contributed by atoms with Crippen LogP contribution in [-0.2, 0) is 10.2 Å². The number of rotatable bonds is 12. The number of nitrogens with two attached hydrogens (primary N) is 1. The maximum absolute atomic E-state index is 9.96. The van der Waals surface area contributed by atoms with E-state index in [-0.39, 0.29) is 0 Å². The summed E-state index contributed by atoms with van der Waals surface area (Å²) in [4.78, 5) is 15.8. The van der Waals surface area contributed by atoms with Gasteiger partial charge < -0.3 is 16.4 Å². The van der Waals surface area contributed by atoms with E-state index in [4.69, 9.17) is 17.3 Å². The van der Waals surface area contributed by atoms with Crippen LogP contribution in [0.15, 0.2) is 52.6 Å². The number of hydrogen-bond donors (Lipinski definition) is 3. The van der Waals surface area contributed by atoms with Crippen molar-refractivity contribution in [1.82, 2.24) is 5.32 Å². The van der Waals surface area contributed by atoms with E-state index in [0.29, 0.717) is 22.5 Å². The SMILES string of the molecule is CCCC.CCCC(CC)CCC.CN/C(C=Nc1csc(C2(C)CC2)c1)=C/N.O=CNc1ccccc1Cl. The highest BCUT2D eigenvalue weighted by Crippen LogP contribution is 2.50. The van der Waals surface area contributed by atoms with Gasteiger partial charge in [0, 0.05) is 28.9 Å². The van der Waals surface area contributed by atoms with Crippen LogP contribution in [0.2, 0.25) is 5.02 Å². The second kappa shape index (κ2) is 22.5. The van der Waals surface area contributed by atoms with E-state index in [2.05, 4.69) is 68.6 Å². The number of anilines is 1. The van der Waals surface area contributed by atoms with Crippen molar-refractivity contribution < 1.29 is 4.79 Å². The van der Waals surface area contributed by atoms with E-state index in [9.17, 15) is 4.79 Å². The van der Waals surface area contributed by atoms with Crippen molar-refractivity contribution in [2.45, 2.75) is 105 Å². The Morgan fingerprint density at radius 2 is 1.72 bits per heavy atom. The number of thiophene rings is 1. The fourth-order valence-electron chi connectivity index (χ4n) is 3.49. The van der Waals surface area contributed by atoms with Crippen molar-refractivity contribution in [3.63, 3.8) is 0 Å². The third kappa shape index (κ3) is 16.4. The van der Waals surface area contributed by atoms with Gasteiger partial charge in [0.15, 0.2) is 0 Å². The Bertz CT molecular complexity index is 945. The molecule has 1 aliphatic carbocycles. The van der Waals surface area contributed by atoms with Crippen LogP contribution in [0.1, 0.15) is 104 Å². The number of halogens is 1. The first-order valence-electron chi connectivity index (χ1n) is 14.5. The van der Waals surface area contributed by atoms with E-state index in [1.165, 1.54) is 68.9 Å². The van der Waals surface area contributed by atoms with E-state index < -0.39 is 0 Å². The smallest absolute Gasteiger partial charge is 0.211 e. The molecule has 7 heteroatoms. The van der Waals surface area contributed by atoms with Gasteiger partial charge in [-0.15, -0.1) is 11.3 Å². The summed E-state index contributed by atoms with van der Waals surface area (Å²) in [5.74, 6) is 1.01. The molecule has 0 radical (unpaired) electrons. The van der Waals surface area contributed by atoms with E-state index >= 15 is 0 Å². The normalized spacial score (nSPS) is 13.3. The van der Waals surface area contributed by atoms with Crippen LogP contribution in [0, 0.1) is 5.92 Å². The van der Waals surface area contributed by atoms with Crippen molar-refractivity contribution in [3.8, 4) is 0 Å².